The minimum absolute atomic E-state index is 0.451. The molecule has 0 N–H and O–H groups in total. The van der Waals surface area contributed by atoms with Crippen LogP contribution in [-0.4, -0.2) is 9.97 Å². The first kappa shape index (κ1) is 12.4. The number of halogens is 3. The summed E-state index contributed by atoms with van der Waals surface area (Å²) in [4.78, 5) is 9.72. The smallest absolute Gasteiger partial charge is 0.171 e. The van der Waals surface area contributed by atoms with Gasteiger partial charge < -0.3 is 0 Å². The molecule has 2 nitrogen and oxygen atoms in total. The van der Waals surface area contributed by atoms with E-state index in [9.17, 15) is 0 Å². The molecule has 0 aliphatic carbocycles. The molecule has 0 saturated carbocycles. The van der Waals surface area contributed by atoms with Crippen molar-refractivity contribution < 1.29 is 0 Å². The molecule has 0 atom stereocenters. The third-order valence-electron chi connectivity index (χ3n) is 2.41. The second-order valence-electron chi connectivity index (χ2n) is 3.60. The van der Waals surface area contributed by atoms with E-state index in [1.54, 1.807) is 0 Å². The number of thiophene rings is 1. The largest absolute Gasteiger partial charge is 0.227 e. The summed E-state index contributed by atoms with van der Waals surface area (Å²) in [6, 6.07) is 9.44. The quantitative estimate of drug-likeness (QED) is 0.541. The fourth-order valence-corrected chi connectivity index (χ4v) is 3.17. The number of rotatable bonds is 1. The second kappa shape index (κ2) is 4.78. The molecule has 0 spiro atoms. The number of nitrogens with zero attached hydrogens (tertiary/aromatic N) is 2. The van der Waals surface area contributed by atoms with Gasteiger partial charge in [0.1, 0.15) is 5.15 Å². The van der Waals surface area contributed by atoms with E-state index in [4.69, 9.17) is 23.2 Å². The van der Waals surface area contributed by atoms with Crippen LogP contribution in [0.3, 0.4) is 0 Å². The molecule has 2 aromatic heterocycles. The molecule has 2 heterocycles. The zero-order valence-corrected chi connectivity index (χ0v) is 12.7. The summed E-state index contributed by atoms with van der Waals surface area (Å²) in [7, 11) is 0. The predicted octanol–water partition coefficient (Wildman–Crippen LogP) is 5.43. The highest BCUT2D eigenvalue weighted by Gasteiger charge is 2.10. The summed E-state index contributed by atoms with van der Waals surface area (Å²) < 4.78 is 1.67. The van der Waals surface area contributed by atoms with E-state index in [0.29, 0.717) is 15.3 Å². The topological polar surface area (TPSA) is 25.8 Å². The molecule has 1 aromatic carbocycles. The summed E-state index contributed by atoms with van der Waals surface area (Å²) in [5.74, 6) is 0.600. The molecule has 0 radical (unpaired) electrons. The Morgan fingerprint density at radius 1 is 1.06 bits per heavy atom. The Bertz CT molecular complexity index is 742. The zero-order chi connectivity index (χ0) is 12.7. The van der Waals surface area contributed by atoms with Crippen molar-refractivity contribution in [1.29, 1.82) is 0 Å². The van der Waals surface area contributed by atoms with E-state index >= 15 is 0 Å². The molecule has 0 amide bonds. The average Bonchev–Trinajstić information content (AvgIpc) is 2.75. The lowest BCUT2D eigenvalue weighted by molar-refractivity contribution is 1.24. The van der Waals surface area contributed by atoms with E-state index in [-0.39, 0.29) is 0 Å². The highest BCUT2D eigenvalue weighted by Crippen LogP contribution is 2.32. The first-order valence-corrected chi connectivity index (χ1v) is 7.38. The van der Waals surface area contributed by atoms with Gasteiger partial charge in [-0.1, -0.05) is 39.1 Å². The summed E-state index contributed by atoms with van der Waals surface area (Å²) >= 11 is 16.9. The molecule has 3 aromatic rings. The van der Waals surface area contributed by atoms with E-state index in [1.165, 1.54) is 11.3 Å². The van der Waals surface area contributed by atoms with Crippen molar-refractivity contribution in [2.45, 2.75) is 0 Å². The Hall–Kier alpha value is -0.680. The molecule has 3 rings (SSSR count). The molecular formula is C12H5BrCl2N2S. The lowest BCUT2D eigenvalue weighted by Crippen LogP contribution is -1.90. The average molecular weight is 360 g/mol. The minimum atomic E-state index is 0.451. The maximum Gasteiger partial charge on any atom is 0.171 e. The van der Waals surface area contributed by atoms with Crippen molar-refractivity contribution in [2.75, 3.05) is 0 Å². The van der Waals surface area contributed by atoms with Gasteiger partial charge in [0.15, 0.2) is 5.82 Å². The van der Waals surface area contributed by atoms with E-state index in [2.05, 4.69) is 25.9 Å². The van der Waals surface area contributed by atoms with Gasteiger partial charge in [-0.15, -0.1) is 11.3 Å². The van der Waals surface area contributed by atoms with Crippen LogP contribution in [0.25, 0.3) is 21.6 Å². The molecule has 0 fully saturated rings. The SMILES string of the molecule is Clc1ccc(-c2nc(Cl)c3ccc(Br)cc3n2)s1. The minimum Gasteiger partial charge on any atom is -0.227 e. The molecule has 0 saturated heterocycles. The van der Waals surface area contributed by atoms with Gasteiger partial charge in [0.25, 0.3) is 0 Å². The highest BCUT2D eigenvalue weighted by atomic mass is 79.9. The number of fused-ring (bicyclic) bond motifs is 1. The second-order valence-corrected chi connectivity index (χ2v) is 6.59. The third kappa shape index (κ3) is 2.26. The van der Waals surface area contributed by atoms with Gasteiger partial charge in [0.05, 0.1) is 14.7 Å². The summed E-state index contributed by atoms with van der Waals surface area (Å²) in [5.41, 5.74) is 0.809. The standard InChI is InChI=1S/C12H5BrCl2N2S/c13-6-1-2-7-8(5-6)16-12(17-11(7)15)9-3-4-10(14)18-9/h1-5H. The Morgan fingerprint density at radius 3 is 2.61 bits per heavy atom. The monoisotopic (exact) mass is 358 g/mol. The Kier molecular flexibility index (Phi) is 3.28. The van der Waals surface area contributed by atoms with Gasteiger partial charge in [-0.2, -0.15) is 0 Å². The van der Waals surface area contributed by atoms with Crippen LogP contribution in [0.5, 0.6) is 0 Å². The van der Waals surface area contributed by atoms with Gasteiger partial charge in [-0.25, -0.2) is 9.97 Å². The molecule has 18 heavy (non-hydrogen) atoms. The van der Waals surface area contributed by atoms with Crippen molar-refractivity contribution in [2.24, 2.45) is 0 Å². The summed E-state index contributed by atoms with van der Waals surface area (Å²) in [5, 5.41) is 1.29. The van der Waals surface area contributed by atoms with Crippen molar-refractivity contribution >= 4 is 61.4 Å². The molecule has 0 unspecified atom stereocenters. The first-order chi connectivity index (χ1) is 8.63. The summed E-state index contributed by atoms with van der Waals surface area (Å²) in [6.45, 7) is 0. The maximum absolute atomic E-state index is 6.18. The molecule has 6 heteroatoms. The van der Waals surface area contributed by atoms with Gasteiger partial charge in [-0.3, -0.25) is 0 Å². The molecule has 0 aliphatic heterocycles. The first-order valence-electron chi connectivity index (χ1n) is 5.02. The summed E-state index contributed by atoms with van der Waals surface area (Å²) in [6.07, 6.45) is 0. The number of hydrogen-bond donors (Lipinski definition) is 0. The Balaban J connectivity index is 2.26. The highest BCUT2D eigenvalue weighted by molar-refractivity contribution is 9.10. The van der Waals surface area contributed by atoms with Crippen LogP contribution in [0.15, 0.2) is 34.8 Å². The van der Waals surface area contributed by atoms with Gasteiger partial charge in [-0.05, 0) is 30.3 Å². The molecular weight excluding hydrogens is 355 g/mol. The van der Waals surface area contributed by atoms with Crippen LogP contribution < -0.4 is 0 Å². The fourth-order valence-electron chi connectivity index (χ4n) is 1.61. The van der Waals surface area contributed by atoms with E-state index in [0.717, 1.165) is 20.3 Å². The predicted molar refractivity (Wildman–Crippen MR) is 80.6 cm³/mol. The Labute approximate surface area is 126 Å². The van der Waals surface area contributed by atoms with Crippen LogP contribution >= 0.6 is 50.5 Å². The third-order valence-corrected chi connectivity index (χ3v) is 4.41. The van der Waals surface area contributed by atoms with Crippen LogP contribution in [-0.2, 0) is 0 Å². The number of aromatic nitrogens is 2. The van der Waals surface area contributed by atoms with Crippen molar-refractivity contribution in [3.8, 4) is 10.7 Å². The van der Waals surface area contributed by atoms with Crippen LogP contribution in [0.4, 0.5) is 0 Å². The van der Waals surface area contributed by atoms with Crippen LogP contribution in [0.2, 0.25) is 9.49 Å². The molecule has 0 aliphatic rings. The van der Waals surface area contributed by atoms with Crippen LogP contribution in [0.1, 0.15) is 0 Å². The van der Waals surface area contributed by atoms with E-state index in [1.807, 2.05) is 30.3 Å². The zero-order valence-electron chi connectivity index (χ0n) is 8.82. The van der Waals surface area contributed by atoms with Gasteiger partial charge in [0, 0.05) is 9.86 Å². The number of benzene rings is 1. The fraction of sp³-hybridized carbons (Fsp3) is 0. The lowest BCUT2D eigenvalue weighted by atomic mass is 10.2. The van der Waals surface area contributed by atoms with Crippen LogP contribution in [0, 0.1) is 0 Å². The van der Waals surface area contributed by atoms with Crippen molar-refractivity contribution in [1.82, 2.24) is 9.97 Å². The maximum atomic E-state index is 6.18. The van der Waals surface area contributed by atoms with Crippen molar-refractivity contribution in [3.05, 3.63) is 44.3 Å². The van der Waals surface area contributed by atoms with Gasteiger partial charge >= 0.3 is 0 Å². The Morgan fingerprint density at radius 2 is 1.89 bits per heavy atom. The lowest BCUT2D eigenvalue weighted by Gasteiger charge is -2.03. The molecule has 90 valence electrons. The molecule has 0 bridgehead atoms. The van der Waals surface area contributed by atoms with Gasteiger partial charge in [0.2, 0.25) is 0 Å². The number of hydrogen-bond acceptors (Lipinski definition) is 3. The normalized spacial score (nSPS) is 11.1. The van der Waals surface area contributed by atoms with E-state index < -0.39 is 0 Å². The van der Waals surface area contributed by atoms with Crippen molar-refractivity contribution in [3.63, 3.8) is 0 Å².